The second-order valence-electron chi connectivity index (χ2n) is 2.31. The number of nitriles is 1. The van der Waals surface area contributed by atoms with Crippen LogP contribution >= 0.6 is 11.8 Å². The number of aromatic amines is 1. The summed E-state index contributed by atoms with van der Waals surface area (Å²) in [6.45, 7) is 1.87. The third-order valence-corrected chi connectivity index (χ3v) is 2.17. The highest BCUT2D eigenvalue weighted by Gasteiger charge is 1.98. The number of hydrogen-bond acceptors (Lipinski definition) is 4. The largest absolute Gasteiger partial charge is 0.262 e. The van der Waals surface area contributed by atoms with Crippen molar-refractivity contribution in [3.8, 4) is 6.07 Å². The van der Waals surface area contributed by atoms with Gasteiger partial charge in [-0.2, -0.15) is 5.26 Å². The Morgan fingerprint density at radius 1 is 1.67 bits per heavy atom. The quantitative estimate of drug-likeness (QED) is 0.566. The lowest BCUT2D eigenvalue weighted by Gasteiger charge is -1.90. The first-order chi connectivity index (χ1) is 5.83. The molecule has 12 heavy (non-hydrogen) atoms. The van der Waals surface area contributed by atoms with Gasteiger partial charge in [0, 0.05) is 12.2 Å². The summed E-state index contributed by atoms with van der Waals surface area (Å²) in [7, 11) is 0. The van der Waals surface area contributed by atoms with E-state index in [-0.39, 0.29) is 0 Å². The van der Waals surface area contributed by atoms with Crippen molar-refractivity contribution in [2.45, 2.75) is 24.9 Å². The van der Waals surface area contributed by atoms with Gasteiger partial charge in [-0.05, 0) is 13.3 Å². The topological polar surface area (TPSA) is 65.4 Å². The van der Waals surface area contributed by atoms with E-state index in [0.717, 1.165) is 23.2 Å². The zero-order valence-corrected chi connectivity index (χ0v) is 7.69. The summed E-state index contributed by atoms with van der Waals surface area (Å²) in [6.07, 6.45) is 1.51. The summed E-state index contributed by atoms with van der Waals surface area (Å²) < 4.78 is 0. The van der Waals surface area contributed by atoms with Gasteiger partial charge in [-0.15, -0.1) is 5.10 Å². The van der Waals surface area contributed by atoms with Crippen LogP contribution in [0.1, 0.15) is 18.7 Å². The molecule has 0 aliphatic carbocycles. The maximum Gasteiger partial charge on any atom is 0.208 e. The van der Waals surface area contributed by atoms with Gasteiger partial charge in [0.25, 0.3) is 0 Å². The van der Waals surface area contributed by atoms with Crippen LogP contribution in [0.4, 0.5) is 0 Å². The van der Waals surface area contributed by atoms with E-state index in [0.29, 0.717) is 6.42 Å². The fourth-order valence-corrected chi connectivity index (χ4v) is 1.48. The van der Waals surface area contributed by atoms with Crippen molar-refractivity contribution in [2.75, 3.05) is 5.75 Å². The van der Waals surface area contributed by atoms with Crippen LogP contribution in [0.2, 0.25) is 0 Å². The van der Waals surface area contributed by atoms with E-state index >= 15 is 0 Å². The Labute approximate surface area is 75.4 Å². The van der Waals surface area contributed by atoms with E-state index in [1.807, 2.05) is 6.92 Å². The molecule has 1 rings (SSSR count). The van der Waals surface area contributed by atoms with Gasteiger partial charge in [0.05, 0.1) is 6.07 Å². The summed E-state index contributed by atoms with van der Waals surface area (Å²) in [6, 6.07) is 2.10. The van der Waals surface area contributed by atoms with Crippen LogP contribution in [-0.2, 0) is 0 Å². The van der Waals surface area contributed by atoms with Crippen molar-refractivity contribution in [2.24, 2.45) is 0 Å². The van der Waals surface area contributed by atoms with Gasteiger partial charge in [-0.3, -0.25) is 5.10 Å². The predicted octanol–water partition coefficient (Wildman–Crippen LogP) is 1.51. The van der Waals surface area contributed by atoms with Crippen LogP contribution in [0, 0.1) is 18.3 Å². The molecule has 1 aromatic heterocycles. The van der Waals surface area contributed by atoms with Gasteiger partial charge in [-0.1, -0.05) is 11.8 Å². The average Bonchev–Trinajstić information content (AvgIpc) is 2.45. The van der Waals surface area contributed by atoms with E-state index in [1.54, 1.807) is 11.8 Å². The molecular weight excluding hydrogens is 172 g/mol. The van der Waals surface area contributed by atoms with E-state index < -0.39 is 0 Å². The standard InChI is InChI=1S/C7H10N4S/c1-6-9-7(11-10-6)12-5-3-2-4-8/h2-3,5H2,1H3,(H,9,10,11). The highest BCUT2D eigenvalue weighted by Crippen LogP contribution is 2.13. The number of hydrogen-bond donors (Lipinski definition) is 1. The highest BCUT2D eigenvalue weighted by molar-refractivity contribution is 7.99. The molecule has 0 bridgehead atoms. The summed E-state index contributed by atoms with van der Waals surface area (Å²) in [4.78, 5) is 4.12. The second kappa shape index (κ2) is 4.78. The molecule has 64 valence electrons. The van der Waals surface area contributed by atoms with E-state index in [4.69, 9.17) is 5.26 Å². The molecule has 0 aliphatic heterocycles. The lowest BCUT2D eigenvalue weighted by atomic mass is 10.4. The first-order valence-electron chi connectivity index (χ1n) is 3.71. The minimum atomic E-state index is 0.608. The molecule has 0 atom stereocenters. The Hall–Kier alpha value is -1.02. The second-order valence-corrected chi connectivity index (χ2v) is 3.38. The van der Waals surface area contributed by atoms with Crippen molar-refractivity contribution in [3.05, 3.63) is 5.82 Å². The molecule has 0 radical (unpaired) electrons. The number of aryl methyl sites for hydroxylation is 1. The molecule has 1 heterocycles. The van der Waals surface area contributed by atoms with E-state index in [9.17, 15) is 0 Å². The maximum atomic E-state index is 8.27. The number of rotatable bonds is 4. The smallest absolute Gasteiger partial charge is 0.208 e. The third kappa shape index (κ3) is 2.93. The normalized spacial score (nSPS) is 9.67. The van der Waals surface area contributed by atoms with Gasteiger partial charge in [0.2, 0.25) is 5.16 Å². The number of thioether (sulfide) groups is 1. The molecular formula is C7H10N4S. The van der Waals surface area contributed by atoms with Crippen LogP contribution in [0.25, 0.3) is 0 Å². The number of nitrogens with one attached hydrogen (secondary N) is 1. The first kappa shape index (κ1) is 9.07. The molecule has 0 saturated carbocycles. The van der Waals surface area contributed by atoms with Crippen LogP contribution in [0.15, 0.2) is 5.16 Å². The monoisotopic (exact) mass is 182 g/mol. The minimum Gasteiger partial charge on any atom is -0.262 e. The fourth-order valence-electron chi connectivity index (χ4n) is 0.701. The van der Waals surface area contributed by atoms with Gasteiger partial charge in [0.1, 0.15) is 5.82 Å². The number of aromatic nitrogens is 3. The van der Waals surface area contributed by atoms with Crippen molar-refractivity contribution < 1.29 is 0 Å². The zero-order chi connectivity index (χ0) is 8.81. The lowest BCUT2D eigenvalue weighted by molar-refractivity contribution is 0.949. The molecule has 0 saturated heterocycles. The molecule has 0 fully saturated rings. The number of unbranched alkanes of at least 4 members (excludes halogenated alkanes) is 1. The van der Waals surface area contributed by atoms with Crippen molar-refractivity contribution in [1.82, 2.24) is 15.2 Å². The molecule has 0 unspecified atom stereocenters. The molecule has 0 aliphatic rings. The van der Waals surface area contributed by atoms with Crippen molar-refractivity contribution in [3.63, 3.8) is 0 Å². The van der Waals surface area contributed by atoms with Gasteiger partial charge in [0.15, 0.2) is 0 Å². The van der Waals surface area contributed by atoms with Crippen LogP contribution < -0.4 is 0 Å². The molecule has 0 spiro atoms. The van der Waals surface area contributed by atoms with Crippen LogP contribution in [0.3, 0.4) is 0 Å². The molecule has 5 heteroatoms. The Kier molecular flexibility index (Phi) is 3.61. The highest BCUT2D eigenvalue weighted by atomic mass is 32.2. The summed E-state index contributed by atoms with van der Waals surface area (Å²) >= 11 is 1.58. The molecule has 0 aromatic carbocycles. The Morgan fingerprint density at radius 2 is 2.50 bits per heavy atom. The zero-order valence-electron chi connectivity index (χ0n) is 6.87. The minimum absolute atomic E-state index is 0.608. The predicted molar refractivity (Wildman–Crippen MR) is 46.7 cm³/mol. The first-order valence-corrected chi connectivity index (χ1v) is 4.70. The van der Waals surface area contributed by atoms with Gasteiger partial charge >= 0.3 is 0 Å². The van der Waals surface area contributed by atoms with E-state index in [1.165, 1.54) is 0 Å². The average molecular weight is 182 g/mol. The molecule has 1 N–H and O–H groups in total. The Bertz CT molecular complexity index is 275. The Balaban J connectivity index is 2.21. The van der Waals surface area contributed by atoms with Gasteiger partial charge < -0.3 is 0 Å². The van der Waals surface area contributed by atoms with E-state index in [2.05, 4.69) is 21.3 Å². The van der Waals surface area contributed by atoms with Crippen LogP contribution in [0.5, 0.6) is 0 Å². The number of nitrogens with zero attached hydrogens (tertiary/aromatic N) is 3. The maximum absolute atomic E-state index is 8.27. The summed E-state index contributed by atoms with van der Waals surface area (Å²) in [5.41, 5.74) is 0. The number of H-pyrrole nitrogens is 1. The Morgan fingerprint density at radius 3 is 3.08 bits per heavy atom. The fraction of sp³-hybridized carbons (Fsp3) is 0.571. The van der Waals surface area contributed by atoms with Gasteiger partial charge in [-0.25, -0.2) is 4.98 Å². The van der Waals surface area contributed by atoms with Crippen LogP contribution in [-0.4, -0.2) is 20.9 Å². The van der Waals surface area contributed by atoms with Crippen molar-refractivity contribution >= 4 is 11.8 Å². The summed E-state index contributed by atoms with van der Waals surface area (Å²) in [5.74, 6) is 1.74. The van der Waals surface area contributed by atoms with Crippen molar-refractivity contribution in [1.29, 1.82) is 5.26 Å². The molecule has 0 amide bonds. The SMILES string of the molecule is Cc1nc(SCCCC#N)n[nH]1. The molecule has 4 nitrogen and oxygen atoms in total. The third-order valence-electron chi connectivity index (χ3n) is 1.24. The lowest BCUT2D eigenvalue weighted by Crippen LogP contribution is -1.80. The summed E-state index contributed by atoms with van der Waals surface area (Å²) in [5, 5.41) is 15.8. The molecule has 1 aromatic rings.